The molecule has 1 heteroatoms. The summed E-state index contributed by atoms with van der Waals surface area (Å²) in [5, 5.41) is 0. The van der Waals surface area contributed by atoms with Gasteiger partial charge in [0.15, 0.2) is 0 Å². The highest BCUT2D eigenvalue weighted by Crippen LogP contribution is 2.35. The molecule has 1 aliphatic rings. The zero-order valence-electron chi connectivity index (χ0n) is 10.3. The summed E-state index contributed by atoms with van der Waals surface area (Å²) >= 11 is 0. The first kappa shape index (κ1) is 12.8. The van der Waals surface area contributed by atoms with E-state index in [2.05, 4.69) is 19.1 Å². The average molecular weight is 209 g/mol. The van der Waals surface area contributed by atoms with Crippen LogP contribution in [0.4, 0.5) is 0 Å². The summed E-state index contributed by atoms with van der Waals surface area (Å²) in [6.07, 6.45) is 15.7. The summed E-state index contributed by atoms with van der Waals surface area (Å²) in [6, 6.07) is 0. The molecular formula is C14H27N. The van der Waals surface area contributed by atoms with Crippen LogP contribution in [0.25, 0.3) is 0 Å². The van der Waals surface area contributed by atoms with E-state index in [0.29, 0.717) is 6.54 Å². The molecule has 0 radical (unpaired) electrons. The second-order valence-electron chi connectivity index (χ2n) is 4.89. The summed E-state index contributed by atoms with van der Waals surface area (Å²) < 4.78 is 0. The summed E-state index contributed by atoms with van der Waals surface area (Å²) in [5.74, 6) is 1.95. The molecule has 0 heterocycles. The van der Waals surface area contributed by atoms with Gasteiger partial charge >= 0.3 is 0 Å². The zero-order valence-corrected chi connectivity index (χ0v) is 10.3. The van der Waals surface area contributed by atoms with Gasteiger partial charge in [0.1, 0.15) is 0 Å². The van der Waals surface area contributed by atoms with Crippen molar-refractivity contribution in [2.24, 2.45) is 17.6 Å². The van der Waals surface area contributed by atoms with Crippen LogP contribution >= 0.6 is 0 Å². The molecule has 0 aromatic heterocycles. The average Bonchev–Trinajstić information content (AvgIpc) is 2.76. The van der Waals surface area contributed by atoms with Gasteiger partial charge in [0.2, 0.25) is 0 Å². The third-order valence-corrected chi connectivity index (χ3v) is 3.74. The van der Waals surface area contributed by atoms with Crippen LogP contribution in [0.1, 0.15) is 58.3 Å². The van der Waals surface area contributed by atoms with Gasteiger partial charge in [-0.05, 0) is 24.7 Å². The highest BCUT2D eigenvalue weighted by molar-refractivity contribution is 4.87. The fraction of sp³-hybridized carbons (Fsp3) is 0.857. The van der Waals surface area contributed by atoms with E-state index in [1.54, 1.807) is 0 Å². The van der Waals surface area contributed by atoms with Gasteiger partial charge in [-0.2, -0.15) is 0 Å². The SMILES string of the molecule is CCCCC(C/C=C/CN)C1CCCC1. The number of hydrogen-bond donors (Lipinski definition) is 1. The summed E-state index contributed by atoms with van der Waals surface area (Å²) in [6.45, 7) is 2.99. The van der Waals surface area contributed by atoms with Crippen LogP contribution < -0.4 is 5.73 Å². The Morgan fingerprint density at radius 1 is 1.27 bits per heavy atom. The van der Waals surface area contributed by atoms with Crippen molar-refractivity contribution in [3.63, 3.8) is 0 Å². The summed E-state index contributed by atoms with van der Waals surface area (Å²) in [4.78, 5) is 0. The Balaban J connectivity index is 2.33. The largest absolute Gasteiger partial charge is 0.327 e. The van der Waals surface area contributed by atoms with E-state index >= 15 is 0 Å². The molecular weight excluding hydrogens is 182 g/mol. The maximum atomic E-state index is 5.48. The van der Waals surface area contributed by atoms with Crippen LogP contribution in [-0.2, 0) is 0 Å². The van der Waals surface area contributed by atoms with E-state index in [1.165, 1.54) is 51.4 Å². The molecule has 0 saturated heterocycles. The highest BCUT2D eigenvalue weighted by Gasteiger charge is 2.23. The maximum absolute atomic E-state index is 5.48. The Kier molecular flexibility index (Phi) is 6.74. The number of allylic oxidation sites excluding steroid dienone is 1. The van der Waals surface area contributed by atoms with Crippen molar-refractivity contribution >= 4 is 0 Å². The monoisotopic (exact) mass is 209 g/mol. The topological polar surface area (TPSA) is 26.0 Å². The van der Waals surface area contributed by atoms with Crippen molar-refractivity contribution in [1.29, 1.82) is 0 Å². The minimum absolute atomic E-state index is 0.700. The van der Waals surface area contributed by atoms with Gasteiger partial charge in [-0.3, -0.25) is 0 Å². The van der Waals surface area contributed by atoms with Crippen molar-refractivity contribution in [2.75, 3.05) is 6.54 Å². The number of rotatable bonds is 7. The van der Waals surface area contributed by atoms with Crippen molar-refractivity contribution in [3.8, 4) is 0 Å². The molecule has 1 atom stereocenters. The van der Waals surface area contributed by atoms with Crippen LogP contribution in [0.3, 0.4) is 0 Å². The molecule has 1 unspecified atom stereocenters. The van der Waals surface area contributed by atoms with E-state index < -0.39 is 0 Å². The lowest BCUT2D eigenvalue weighted by molar-refractivity contribution is 0.313. The molecule has 88 valence electrons. The second kappa shape index (κ2) is 7.92. The molecule has 1 aliphatic carbocycles. The van der Waals surface area contributed by atoms with Gasteiger partial charge in [-0.25, -0.2) is 0 Å². The van der Waals surface area contributed by atoms with Gasteiger partial charge in [0.25, 0.3) is 0 Å². The van der Waals surface area contributed by atoms with E-state index in [1.807, 2.05) is 0 Å². The molecule has 15 heavy (non-hydrogen) atoms. The molecule has 0 amide bonds. The molecule has 0 spiro atoms. The predicted octanol–water partition coefficient (Wildman–Crippen LogP) is 3.89. The van der Waals surface area contributed by atoms with E-state index in [9.17, 15) is 0 Å². The molecule has 1 rings (SSSR count). The molecule has 1 nitrogen and oxygen atoms in total. The summed E-state index contributed by atoms with van der Waals surface area (Å²) in [5.41, 5.74) is 5.48. The zero-order chi connectivity index (χ0) is 10.9. The van der Waals surface area contributed by atoms with Crippen molar-refractivity contribution in [2.45, 2.75) is 58.3 Å². The fourth-order valence-electron chi connectivity index (χ4n) is 2.81. The smallest absolute Gasteiger partial charge is 0.0106 e. The van der Waals surface area contributed by atoms with Crippen LogP contribution in [0.5, 0.6) is 0 Å². The molecule has 1 fully saturated rings. The Labute approximate surface area is 95.1 Å². The number of nitrogens with two attached hydrogens (primary N) is 1. The molecule has 0 aliphatic heterocycles. The first-order chi connectivity index (χ1) is 7.38. The minimum Gasteiger partial charge on any atom is -0.327 e. The third-order valence-electron chi connectivity index (χ3n) is 3.74. The lowest BCUT2D eigenvalue weighted by atomic mass is 9.84. The van der Waals surface area contributed by atoms with Gasteiger partial charge in [0.05, 0.1) is 0 Å². The number of unbranched alkanes of at least 4 members (excludes halogenated alkanes) is 1. The van der Waals surface area contributed by atoms with Gasteiger partial charge in [-0.1, -0.05) is 57.6 Å². The van der Waals surface area contributed by atoms with Crippen LogP contribution in [0.2, 0.25) is 0 Å². The van der Waals surface area contributed by atoms with Crippen molar-refractivity contribution < 1.29 is 0 Å². The van der Waals surface area contributed by atoms with Gasteiger partial charge < -0.3 is 5.73 Å². The van der Waals surface area contributed by atoms with E-state index in [-0.39, 0.29) is 0 Å². The lowest BCUT2D eigenvalue weighted by Crippen LogP contribution is -2.11. The molecule has 0 aromatic rings. The first-order valence-electron chi connectivity index (χ1n) is 6.73. The Morgan fingerprint density at radius 3 is 2.60 bits per heavy atom. The van der Waals surface area contributed by atoms with Crippen LogP contribution in [0, 0.1) is 11.8 Å². The second-order valence-corrected chi connectivity index (χ2v) is 4.89. The normalized spacial score (nSPS) is 20.1. The Hall–Kier alpha value is -0.300. The summed E-state index contributed by atoms with van der Waals surface area (Å²) in [7, 11) is 0. The van der Waals surface area contributed by atoms with Gasteiger partial charge in [-0.15, -0.1) is 0 Å². The minimum atomic E-state index is 0.700. The molecule has 0 aromatic carbocycles. The van der Waals surface area contributed by atoms with E-state index in [4.69, 9.17) is 5.73 Å². The predicted molar refractivity (Wildman–Crippen MR) is 67.8 cm³/mol. The highest BCUT2D eigenvalue weighted by atomic mass is 14.5. The third kappa shape index (κ3) is 4.83. The van der Waals surface area contributed by atoms with Crippen molar-refractivity contribution in [1.82, 2.24) is 0 Å². The van der Waals surface area contributed by atoms with Gasteiger partial charge in [0, 0.05) is 6.54 Å². The van der Waals surface area contributed by atoms with Crippen molar-refractivity contribution in [3.05, 3.63) is 12.2 Å². The van der Waals surface area contributed by atoms with Crippen LogP contribution in [-0.4, -0.2) is 6.54 Å². The quantitative estimate of drug-likeness (QED) is 0.632. The molecule has 1 saturated carbocycles. The standard InChI is InChI=1S/C14H27N/c1-2-3-8-13(11-6-7-12-15)14-9-4-5-10-14/h6-7,13-14H,2-5,8-12,15H2,1H3/b7-6+. The number of hydrogen-bond acceptors (Lipinski definition) is 1. The fourth-order valence-corrected chi connectivity index (χ4v) is 2.81. The Bertz CT molecular complexity index is 168. The van der Waals surface area contributed by atoms with E-state index in [0.717, 1.165) is 11.8 Å². The molecule has 2 N–H and O–H groups in total. The maximum Gasteiger partial charge on any atom is 0.0106 e. The first-order valence-corrected chi connectivity index (χ1v) is 6.73. The Morgan fingerprint density at radius 2 is 2.00 bits per heavy atom. The lowest BCUT2D eigenvalue weighted by Gasteiger charge is -2.21. The van der Waals surface area contributed by atoms with Crippen LogP contribution in [0.15, 0.2) is 12.2 Å². The molecule has 0 bridgehead atoms.